The molecule has 1 aromatic carbocycles. The number of aromatic carboxylic acids is 1. The molecule has 3 nitrogen and oxygen atoms in total. The number of ether oxygens (including phenoxy) is 1. The second-order valence-corrected chi connectivity index (χ2v) is 5.59. The predicted octanol–water partition coefficient (Wildman–Crippen LogP) is 2.68. The molecule has 0 bridgehead atoms. The van der Waals surface area contributed by atoms with Gasteiger partial charge in [-0.25, -0.2) is 4.39 Å². The van der Waals surface area contributed by atoms with E-state index in [2.05, 4.69) is 0 Å². The summed E-state index contributed by atoms with van der Waals surface area (Å²) in [6, 6.07) is 1.60. The van der Waals surface area contributed by atoms with E-state index in [1.54, 1.807) is 0 Å². The van der Waals surface area contributed by atoms with E-state index in [0.717, 1.165) is 31.7 Å². The second-order valence-electron chi connectivity index (χ2n) is 5.59. The van der Waals surface area contributed by atoms with Crippen LogP contribution < -0.4 is 9.84 Å². The average molecular weight is 283 g/mol. The molecule has 0 N–H and O–H groups in total. The monoisotopic (exact) mass is 283 g/mol. The predicted molar refractivity (Wildman–Crippen MR) is 67.4 cm³/mol. The van der Waals surface area contributed by atoms with Gasteiger partial charge in [-0.15, -0.1) is 0 Å². The van der Waals surface area contributed by atoms with Crippen LogP contribution >= 0.6 is 0 Å². The quantitative estimate of drug-likeness (QED) is 0.853. The van der Waals surface area contributed by atoms with Gasteiger partial charge in [0.1, 0.15) is 5.60 Å². The minimum atomic E-state index is -1.56. The third-order valence-corrected chi connectivity index (χ3v) is 4.05. The summed E-state index contributed by atoms with van der Waals surface area (Å²) in [6.45, 7) is 3.92. The summed E-state index contributed by atoms with van der Waals surface area (Å²) in [5, 5.41) is 10.8. The van der Waals surface area contributed by atoms with Crippen molar-refractivity contribution in [1.82, 2.24) is 0 Å². The molecule has 1 fully saturated rings. The zero-order chi connectivity index (χ0) is 14.9. The van der Waals surface area contributed by atoms with Crippen molar-refractivity contribution in [2.75, 3.05) is 0 Å². The number of benzene rings is 1. The van der Waals surface area contributed by atoms with Crippen LogP contribution in [0.3, 0.4) is 0 Å². The van der Waals surface area contributed by atoms with Crippen molar-refractivity contribution in [2.24, 2.45) is 5.92 Å². The molecule has 0 aliphatic heterocycles. The molecule has 0 atom stereocenters. The van der Waals surface area contributed by atoms with Crippen molar-refractivity contribution in [1.29, 1.82) is 0 Å². The van der Waals surface area contributed by atoms with E-state index < -0.39 is 28.8 Å². The third-order valence-electron chi connectivity index (χ3n) is 4.05. The summed E-state index contributed by atoms with van der Waals surface area (Å²) in [6.07, 6.45) is 3.42. The number of carbonyl (C=O) groups excluding carboxylic acids is 1. The zero-order valence-corrected chi connectivity index (χ0v) is 11.5. The maximum Gasteiger partial charge on any atom is 0.200 e. The number of rotatable bonds is 4. The molecule has 0 radical (unpaired) electrons. The number of hydrogen-bond donors (Lipinski definition) is 0. The standard InChI is InChI=1S/C15H18F2O3/c1-9(2)15(5-3-4-6-15)20-12-8-10(14(18)19)7-11(16)13(12)17/h7-9H,3-6H2,1-2H3,(H,18,19)/p-1. The van der Waals surface area contributed by atoms with Gasteiger partial charge in [0.15, 0.2) is 11.6 Å². The molecule has 0 amide bonds. The molecule has 1 saturated carbocycles. The van der Waals surface area contributed by atoms with Gasteiger partial charge in [-0.3, -0.25) is 0 Å². The van der Waals surface area contributed by atoms with Crippen molar-refractivity contribution in [3.63, 3.8) is 0 Å². The highest BCUT2D eigenvalue weighted by Crippen LogP contribution is 2.41. The molecule has 20 heavy (non-hydrogen) atoms. The molecule has 0 saturated heterocycles. The summed E-state index contributed by atoms with van der Waals surface area (Å²) >= 11 is 0. The Kier molecular flexibility index (Phi) is 3.97. The van der Waals surface area contributed by atoms with E-state index >= 15 is 0 Å². The van der Waals surface area contributed by atoms with Gasteiger partial charge in [0.2, 0.25) is 5.82 Å². The number of carboxylic acids is 1. The Morgan fingerprint density at radius 2 is 1.90 bits per heavy atom. The highest BCUT2D eigenvalue weighted by Gasteiger charge is 2.40. The summed E-state index contributed by atoms with van der Waals surface area (Å²) < 4.78 is 33.0. The van der Waals surface area contributed by atoms with Crippen LogP contribution in [0.1, 0.15) is 49.9 Å². The lowest BCUT2D eigenvalue weighted by Gasteiger charge is -2.34. The van der Waals surface area contributed by atoms with E-state index in [-0.39, 0.29) is 11.7 Å². The highest BCUT2D eigenvalue weighted by atomic mass is 19.2. The Morgan fingerprint density at radius 1 is 1.30 bits per heavy atom. The molecule has 110 valence electrons. The van der Waals surface area contributed by atoms with Crippen LogP contribution in [0, 0.1) is 17.6 Å². The molecule has 0 spiro atoms. The van der Waals surface area contributed by atoms with Gasteiger partial charge in [0, 0.05) is 5.56 Å². The lowest BCUT2D eigenvalue weighted by atomic mass is 9.88. The van der Waals surface area contributed by atoms with Gasteiger partial charge in [-0.1, -0.05) is 13.8 Å². The van der Waals surface area contributed by atoms with Gasteiger partial charge in [-0.2, -0.15) is 4.39 Å². The minimum absolute atomic E-state index is 0.124. The first-order valence-electron chi connectivity index (χ1n) is 6.75. The van der Waals surface area contributed by atoms with Crippen molar-refractivity contribution >= 4 is 5.97 Å². The van der Waals surface area contributed by atoms with Crippen LogP contribution in [0.4, 0.5) is 8.78 Å². The molecule has 0 unspecified atom stereocenters. The van der Waals surface area contributed by atoms with Gasteiger partial charge >= 0.3 is 0 Å². The normalized spacial score (nSPS) is 17.4. The molecular formula is C15H17F2O3-. The van der Waals surface area contributed by atoms with Crippen LogP contribution in [0.15, 0.2) is 12.1 Å². The lowest BCUT2D eigenvalue weighted by molar-refractivity contribution is -0.255. The summed E-state index contributed by atoms with van der Waals surface area (Å²) in [4.78, 5) is 10.8. The average Bonchev–Trinajstić information content (AvgIpc) is 2.84. The Hall–Kier alpha value is -1.65. The fourth-order valence-corrected chi connectivity index (χ4v) is 2.75. The fourth-order valence-electron chi connectivity index (χ4n) is 2.75. The Labute approximate surface area is 116 Å². The Morgan fingerprint density at radius 3 is 2.40 bits per heavy atom. The molecular weight excluding hydrogens is 266 g/mol. The van der Waals surface area contributed by atoms with Crippen molar-refractivity contribution in [3.8, 4) is 5.75 Å². The fraction of sp³-hybridized carbons (Fsp3) is 0.533. The van der Waals surface area contributed by atoms with E-state index in [0.29, 0.717) is 6.07 Å². The molecule has 2 rings (SSSR count). The molecule has 1 aliphatic rings. The second kappa shape index (κ2) is 5.38. The van der Waals surface area contributed by atoms with E-state index in [1.165, 1.54) is 0 Å². The third kappa shape index (κ3) is 2.62. The number of carboxylic acid groups (broad SMARTS) is 1. The van der Waals surface area contributed by atoms with Gasteiger partial charge in [0.05, 0.1) is 5.97 Å². The van der Waals surface area contributed by atoms with Crippen LogP contribution in [0.25, 0.3) is 0 Å². The Bertz CT molecular complexity index is 520. The zero-order valence-electron chi connectivity index (χ0n) is 11.5. The number of halogens is 2. The maximum absolute atomic E-state index is 13.8. The first-order chi connectivity index (χ1) is 9.35. The highest BCUT2D eigenvalue weighted by molar-refractivity contribution is 5.86. The SMILES string of the molecule is CC(C)C1(Oc2cc(C(=O)[O-])cc(F)c2F)CCCC1. The van der Waals surface area contributed by atoms with Gasteiger partial charge in [0.25, 0.3) is 0 Å². The Balaban J connectivity index is 2.39. The van der Waals surface area contributed by atoms with Crippen molar-refractivity contribution in [2.45, 2.75) is 45.1 Å². The molecule has 1 aromatic rings. The number of hydrogen-bond acceptors (Lipinski definition) is 3. The maximum atomic E-state index is 13.8. The summed E-state index contributed by atoms with van der Waals surface area (Å²) in [7, 11) is 0. The molecule has 0 heterocycles. The van der Waals surface area contributed by atoms with Crippen LogP contribution in [0.2, 0.25) is 0 Å². The van der Waals surface area contributed by atoms with Crippen molar-refractivity contribution in [3.05, 3.63) is 29.3 Å². The lowest BCUT2D eigenvalue weighted by Crippen LogP contribution is -2.39. The van der Waals surface area contributed by atoms with E-state index in [9.17, 15) is 18.7 Å². The topological polar surface area (TPSA) is 49.4 Å². The minimum Gasteiger partial charge on any atom is -0.545 e. The van der Waals surface area contributed by atoms with E-state index in [4.69, 9.17) is 4.74 Å². The molecule has 5 heteroatoms. The van der Waals surface area contributed by atoms with Crippen LogP contribution in [0.5, 0.6) is 5.75 Å². The summed E-state index contributed by atoms with van der Waals surface area (Å²) in [5.41, 5.74) is -0.978. The van der Waals surface area contributed by atoms with E-state index in [1.807, 2.05) is 13.8 Å². The van der Waals surface area contributed by atoms with Gasteiger partial charge in [-0.05, 0) is 43.7 Å². The van der Waals surface area contributed by atoms with Crippen LogP contribution in [-0.2, 0) is 0 Å². The summed E-state index contributed by atoms with van der Waals surface area (Å²) in [5.74, 6) is -4.17. The smallest absolute Gasteiger partial charge is 0.200 e. The van der Waals surface area contributed by atoms with Gasteiger partial charge < -0.3 is 14.6 Å². The first kappa shape index (κ1) is 14.8. The van der Waals surface area contributed by atoms with Crippen LogP contribution in [-0.4, -0.2) is 11.6 Å². The largest absolute Gasteiger partial charge is 0.545 e. The van der Waals surface area contributed by atoms with Crippen molar-refractivity contribution < 1.29 is 23.4 Å². The first-order valence-corrected chi connectivity index (χ1v) is 6.75. The number of carbonyl (C=O) groups is 1. The molecule has 0 aromatic heterocycles. The molecule has 1 aliphatic carbocycles.